The lowest BCUT2D eigenvalue weighted by Gasteiger charge is -2.00. The van der Waals surface area contributed by atoms with E-state index in [-0.39, 0.29) is 24.1 Å². The summed E-state index contributed by atoms with van der Waals surface area (Å²) in [6, 6.07) is 6.30. The number of nitrogens with zero attached hydrogens (tertiary/aromatic N) is 3. The van der Waals surface area contributed by atoms with Gasteiger partial charge in [0.1, 0.15) is 5.75 Å². The van der Waals surface area contributed by atoms with Gasteiger partial charge in [0, 0.05) is 0 Å². The highest BCUT2D eigenvalue weighted by Crippen LogP contribution is 2.13. The number of carbonyl (C=O) groups excluding carboxylic acids is 1. The SMILES string of the molecule is Nc1nonc1OCC(=O)NN=Cc1ccc(O)cc1. The molecule has 1 amide bonds. The van der Waals surface area contributed by atoms with E-state index in [1.54, 1.807) is 12.1 Å². The quantitative estimate of drug-likeness (QED) is 0.512. The molecular weight excluding hydrogens is 266 g/mol. The number of hydrazone groups is 1. The lowest BCUT2D eigenvalue weighted by molar-refractivity contribution is -0.123. The Morgan fingerprint density at radius 2 is 2.20 bits per heavy atom. The molecule has 0 aliphatic rings. The van der Waals surface area contributed by atoms with Gasteiger partial charge >= 0.3 is 5.88 Å². The largest absolute Gasteiger partial charge is 0.508 e. The first-order chi connectivity index (χ1) is 9.65. The average molecular weight is 277 g/mol. The number of aromatic hydroxyl groups is 1. The maximum atomic E-state index is 11.4. The molecule has 0 spiro atoms. The van der Waals surface area contributed by atoms with E-state index < -0.39 is 5.91 Å². The van der Waals surface area contributed by atoms with Crippen LogP contribution in [0, 0.1) is 0 Å². The first-order valence-electron chi connectivity index (χ1n) is 5.47. The fourth-order valence-electron chi connectivity index (χ4n) is 1.19. The highest BCUT2D eigenvalue weighted by atomic mass is 16.6. The van der Waals surface area contributed by atoms with E-state index in [2.05, 4.69) is 25.5 Å². The van der Waals surface area contributed by atoms with Crippen molar-refractivity contribution >= 4 is 17.9 Å². The van der Waals surface area contributed by atoms with Gasteiger partial charge in [-0.1, -0.05) is 0 Å². The van der Waals surface area contributed by atoms with Crippen molar-refractivity contribution in [2.45, 2.75) is 0 Å². The Labute approximate surface area is 113 Å². The lowest BCUT2D eigenvalue weighted by atomic mass is 10.2. The van der Waals surface area contributed by atoms with E-state index in [0.29, 0.717) is 5.56 Å². The molecule has 1 aromatic heterocycles. The van der Waals surface area contributed by atoms with Crippen LogP contribution < -0.4 is 15.9 Å². The minimum absolute atomic E-state index is 0.0367. The predicted octanol–water partition coefficient (Wildman–Crippen LogP) is -0.113. The molecule has 0 bridgehead atoms. The van der Waals surface area contributed by atoms with Crippen LogP contribution in [-0.2, 0) is 4.79 Å². The molecule has 9 nitrogen and oxygen atoms in total. The zero-order chi connectivity index (χ0) is 14.4. The van der Waals surface area contributed by atoms with E-state index in [1.165, 1.54) is 18.3 Å². The maximum Gasteiger partial charge on any atom is 0.300 e. The molecule has 1 heterocycles. The number of hydrogen-bond donors (Lipinski definition) is 3. The highest BCUT2D eigenvalue weighted by molar-refractivity contribution is 5.83. The summed E-state index contributed by atoms with van der Waals surface area (Å²) in [4.78, 5) is 11.4. The van der Waals surface area contributed by atoms with Crippen LogP contribution in [0.3, 0.4) is 0 Å². The van der Waals surface area contributed by atoms with Crippen molar-refractivity contribution in [3.8, 4) is 11.6 Å². The van der Waals surface area contributed by atoms with Crippen molar-refractivity contribution < 1.29 is 19.3 Å². The summed E-state index contributed by atoms with van der Waals surface area (Å²) < 4.78 is 9.24. The number of aromatic nitrogens is 2. The minimum atomic E-state index is -0.498. The molecule has 0 aliphatic heterocycles. The second-order valence-corrected chi connectivity index (χ2v) is 3.63. The van der Waals surface area contributed by atoms with E-state index in [9.17, 15) is 4.79 Å². The van der Waals surface area contributed by atoms with Gasteiger partial charge in [-0.05, 0) is 40.1 Å². The number of benzene rings is 1. The normalized spacial score (nSPS) is 10.6. The number of phenolic OH excluding ortho intramolecular Hbond substituents is 1. The van der Waals surface area contributed by atoms with Crippen LogP contribution in [-0.4, -0.2) is 34.1 Å². The van der Waals surface area contributed by atoms with Gasteiger partial charge in [-0.15, -0.1) is 0 Å². The van der Waals surface area contributed by atoms with Crippen LogP contribution in [0.4, 0.5) is 5.82 Å². The summed E-state index contributed by atoms with van der Waals surface area (Å²) in [5, 5.41) is 19.4. The number of hydrogen-bond acceptors (Lipinski definition) is 8. The van der Waals surface area contributed by atoms with Gasteiger partial charge < -0.3 is 15.6 Å². The Morgan fingerprint density at radius 3 is 2.85 bits per heavy atom. The molecule has 1 aromatic carbocycles. The highest BCUT2D eigenvalue weighted by Gasteiger charge is 2.09. The van der Waals surface area contributed by atoms with Gasteiger partial charge in [0.15, 0.2) is 6.61 Å². The molecule has 4 N–H and O–H groups in total. The van der Waals surface area contributed by atoms with Crippen molar-refractivity contribution in [3.63, 3.8) is 0 Å². The fraction of sp³-hybridized carbons (Fsp3) is 0.0909. The second-order valence-electron chi connectivity index (χ2n) is 3.63. The van der Waals surface area contributed by atoms with Gasteiger partial charge in [-0.25, -0.2) is 10.1 Å². The van der Waals surface area contributed by atoms with Gasteiger partial charge in [0.25, 0.3) is 5.91 Å². The van der Waals surface area contributed by atoms with Crippen LogP contribution in [0.1, 0.15) is 5.56 Å². The number of nitrogen functional groups attached to an aromatic ring is 1. The van der Waals surface area contributed by atoms with Crippen molar-refractivity contribution in [1.82, 2.24) is 15.7 Å². The third kappa shape index (κ3) is 3.70. The molecule has 0 radical (unpaired) electrons. The molecule has 2 aromatic rings. The number of ether oxygens (including phenoxy) is 1. The number of carbonyl (C=O) groups is 1. The number of nitrogens with one attached hydrogen (secondary N) is 1. The van der Waals surface area contributed by atoms with Crippen molar-refractivity contribution in [1.29, 1.82) is 0 Å². The summed E-state index contributed by atoms with van der Waals surface area (Å²) >= 11 is 0. The van der Waals surface area contributed by atoms with E-state index in [0.717, 1.165) is 0 Å². The van der Waals surface area contributed by atoms with Gasteiger partial charge in [0.2, 0.25) is 5.82 Å². The van der Waals surface area contributed by atoms with Crippen LogP contribution in [0.25, 0.3) is 0 Å². The van der Waals surface area contributed by atoms with Crippen molar-refractivity contribution in [2.24, 2.45) is 5.10 Å². The minimum Gasteiger partial charge on any atom is -0.508 e. The van der Waals surface area contributed by atoms with Crippen LogP contribution in [0.15, 0.2) is 34.0 Å². The van der Waals surface area contributed by atoms with Gasteiger partial charge in [0.05, 0.1) is 6.21 Å². The van der Waals surface area contributed by atoms with Crippen molar-refractivity contribution in [3.05, 3.63) is 29.8 Å². The Hall–Kier alpha value is -3.10. The van der Waals surface area contributed by atoms with E-state index in [1.807, 2.05) is 0 Å². The molecule has 0 aliphatic carbocycles. The van der Waals surface area contributed by atoms with E-state index >= 15 is 0 Å². The summed E-state index contributed by atoms with van der Waals surface area (Å²) in [5.74, 6) is -0.436. The number of anilines is 1. The van der Waals surface area contributed by atoms with Crippen molar-refractivity contribution in [2.75, 3.05) is 12.3 Å². The number of nitrogens with two attached hydrogens (primary N) is 1. The Kier molecular flexibility index (Phi) is 4.12. The Balaban J connectivity index is 1.77. The molecule has 20 heavy (non-hydrogen) atoms. The molecule has 104 valence electrons. The maximum absolute atomic E-state index is 11.4. The smallest absolute Gasteiger partial charge is 0.300 e. The lowest BCUT2D eigenvalue weighted by Crippen LogP contribution is -2.24. The zero-order valence-corrected chi connectivity index (χ0v) is 10.2. The molecular formula is C11H11N5O4. The summed E-state index contributed by atoms with van der Waals surface area (Å²) in [6.07, 6.45) is 1.42. The Bertz CT molecular complexity index is 608. The first kappa shape index (κ1) is 13.3. The molecule has 9 heteroatoms. The van der Waals surface area contributed by atoms with Gasteiger partial charge in [-0.2, -0.15) is 5.10 Å². The zero-order valence-electron chi connectivity index (χ0n) is 10.2. The Morgan fingerprint density at radius 1 is 1.45 bits per heavy atom. The second kappa shape index (κ2) is 6.18. The average Bonchev–Trinajstić information content (AvgIpc) is 2.84. The molecule has 2 rings (SSSR count). The number of phenols is 1. The molecule has 0 saturated carbocycles. The summed E-state index contributed by atoms with van der Waals surface area (Å²) in [5.41, 5.74) is 8.31. The standard InChI is InChI=1S/C11H11N5O4/c12-10-11(16-20-15-10)19-6-9(18)14-13-5-7-1-3-8(17)4-2-7/h1-5,17H,6H2,(H2,12,15)(H,14,18). The van der Waals surface area contributed by atoms with Crippen LogP contribution in [0.2, 0.25) is 0 Å². The number of rotatable bonds is 5. The van der Waals surface area contributed by atoms with Gasteiger partial charge in [-0.3, -0.25) is 4.79 Å². The molecule has 0 saturated heterocycles. The third-order valence-electron chi connectivity index (χ3n) is 2.12. The molecule has 0 unspecified atom stereocenters. The summed E-state index contributed by atoms with van der Waals surface area (Å²) in [7, 11) is 0. The third-order valence-corrected chi connectivity index (χ3v) is 2.12. The molecule has 0 fully saturated rings. The van der Waals surface area contributed by atoms with Crippen LogP contribution >= 0.6 is 0 Å². The predicted molar refractivity (Wildman–Crippen MR) is 68.0 cm³/mol. The molecule has 0 atom stereocenters. The van der Waals surface area contributed by atoms with E-state index in [4.69, 9.17) is 15.6 Å². The monoisotopic (exact) mass is 277 g/mol. The summed E-state index contributed by atoms with van der Waals surface area (Å²) in [6.45, 7) is -0.328. The first-order valence-corrected chi connectivity index (χ1v) is 5.47. The number of amides is 1. The van der Waals surface area contributed by atoms with Crippen LogP contribution in [0.5, 0.6) is 11.6 Å². The fourth-order valence-corrected chi connectivity index (χ4v) is 1.19. The topological polar surface area (TPSA) is 136 Å².